The van der Waals surface area contributed by atoms with E-state index in [2.05, 4.69) is 20.3 Å². The Hall–Kier alpha value is -1.92. The molecule has 0 bridgehead atoms. The van der Waals surface area contributed by atoms with Crippen molar-refractivity contribution in [3.05, 3.63) is 41.7 Å². The number of furan rings is 1. The van der Waals surface area contributed by atoms with Crippen LogP contribution in [0.4, 0.5) is 5.82 Å². The molecule has 3 rings (SSSR count). The largest absolute Gasteiger partial charge is 0.468 e. The van der Waals surface area contributed by atoms with E-state index in [1.54, 1.807) is 6.26 Å². The van der Waals surface area contributed by atoms with E-state index < -0.39 is 0 Å². The maximum atomic E-state index is 5.43. The van der Waals surface area contributed by atoms with Gasteiger partial charge in [0.1, 0.15) is 17.4 Å². The Morgan fingerprint density at radius 3 is 2.90 bits per heavy atom. The van der Waals surface area contributed by atoms with Crippen LogP contribution in [-0.4, -0.2) is 20.9 Å². The number of nitrogens with zero attached hydrogens (tertiary/aromatic N) is 3. The van der Waals surface area contributed by atoms with Crippen LogP contribution in [0.3, 0.4) is 0 Å². The SMILES string of the molecule is Cc1cc(NN)nc(CN(Cc2ccco2)C2CC2)n1. The Labute approximate surface area is 118 Å². The van der Waals surface area contributed by atoms with Crippen LogP contribution in [0.25, 0.3) is 0 Å². The molecule has 2 aromatic heterocycles. The number of nitrogens with two attached hydrogens (primary N) is 1. The molecule has 0 spiro atoms. The molecule has 0 aromatic carbocycles. The Bertz CT molecular complexity index is 565. The Balaban J connectivity index is 1.74. The van der Waals surface area contributed by atoms with Gasteiger partial charge in [-0.3, -0.25) is 4.90 Å². The fraction of sp³-hybridized carbons (Fsp3) is 0.429. The van der Waals surface area contributed by atoms with Crippen molar-refractivity contribution in [3.63, 3.8) is 0 Å². The molecule has 6 nitrogen and oxygen atoms in total. The molecule has 0 radical (unpaired) electrons. The first-order valence-corrected chi connectivity index (χ1v) is 6.82. The second-order valence-electron chi connectivity index (χ2n) is 5.17. The van der Waals surface area contributed by atoms with Crippen molar-refractivity contribution < 1.29 is 4.42 Å². The van der Waals surface area contributed by atoms with E-state index in [0.717, 1.165) is 23.8 Å². The minimum Gasteiger partial charge on any atom is -0.468 e. The summed E-state index contributed by atoms with van der Waals surface area (Å²) in [5, 5.41) is 0. The van der Waals surface area contributed by atoms with Crippen LogP contribution in [0.5, 0.6) is 0 Å². The Kier molecular flexibility index (Phi) is 3.66. The number of nitrogen functional groups attached to an aromatic ring is 1. The molecule has 0 aliphatic heterocycles. The van der Waals surface area contributed by atoms with Gasteiger partial charge >= 0.3 is 0 Å². The molecule has 1 aliphatic rings. The highest BCUT2D eigenvalue weighted by atomic mass is 16.3. The van der Waals surface area contributed by atoms with E-state index in [0.29, 0.717) is 18.4 Å². The standard InChI is InChI=1S/C14H19N5O/c1-10-7-13(18-15)17-14(16-10)9-19(11-4-5-11)8-12-3-2-6-20-12/h2-3,6-7,11H,4-5,8-9,15H2,1H3,(H,16,17,18). The van der Waals surface area contributed by atoms with Gasteiger partial charge in [0.15, 0.2) is 0 Å². The zero-order valence-corrected chi connectivity index (χ0v) is 11.5. The summed E-state index contributed by atoms with van der Waals surface area (Å²) in [7, 11) is 0. The third kappa shape index (κ3) is 3.15. The van der Waals surface area contributed by atoms with Crippen LogP contribution in [0.15, 0.2) is 28.9 Å². The number of hydrazine groups is 1. The second kappa shape index (κ2) is 5.60. The van der Waals surface area contributed by atoms with Gasteiger partial charge in [-0.1, -0.05) is 0 Å². The molecular formula is C14H19N5O. The Morgan fingerprint density at radius 2 is 2.25 bits per heavy atom. The summed E-state index contributed by atoms with van der Waals surface area (Å²) in [5.41, 5.74) is 3.50. The number of anilines is 1. The summed E-state index contributed by atoms with van der Waals surface area (Å²) in [6.07, 6.45) is 4.17. The van der Waals surface area contributed by atoms with E-state index in [1.165, 1.54) is 12.8 Å². The van der Waals surface area contributed by atoms with Gasteiger partial charge in [0.25, 0.3) is 0 Å². The second-order valence-corrected chi connectivity index (χ2v) is 5.17. The van der Waals surface area contributed by atoms with Crippen LogP contribution in [0, 0.1) is 6.92 Å². The molecule has 0 unspecified atom stereocenters. The highest BCUT2D eigenvalue weighted by Crippen LogP contribution is 2.29. The zero-order valence-electron chi connectivity index (χ0n) is 11.5. The smallest absolute Gasteiger partial charge is 0.145 e. The van der Waals surface area contributed by atoms with Crippen molar-refractivity contribution in [3.8, 4) is 0 Å². The molecule has 0 amide bonds. The lowest BCUT2D eigenvalue weighted by Crippen LogP contribution is -2.26. The third-order valence-electron chi connectivity index (χ3n) is 3.40. The minimum atomic E-state index is 0.610. The molecule has 2 heterocycles. The summed E-state index contributed by atoms with van der Waals surface area (Å²) in [5.74, 6) is 7.85. The summed E-state index contributed by atoms with van der Waals surface area (Å²) >= 11 is 0. The summed E-state index contributed by atoms with van der Waals surface area (Å²) in [4.78, 5) is 11.2. The first-order chi connectivity index (χ1) is 9.74. The van der Waals surface area contributed by atoms with E-state index in [4.69, 9.17) is 10.3 Å². The first kappa shape index (κ1) is 13.1. The van der Waals surface area contributed by atoms with E-state index in [-0.39, 0.29) is 0 Å². The van der Waals surface area contributed by atoms with E-state index in [1.807, 2.05) is 25.1 Å². The molecule has 1 aliphatic carbocycles. The normalized spacial score (nSPS) is 14.8. The number of rotatable bonds is 6. The van der Waals surface area contributed by atoms with Gasteiger partial charge in [-0.2, -0.15) is 0 Å². The molecule has 1 saturated carbocycles. The van der Waals surface area contributed by atoms with Crippen LogP contribution in [0.1, 0.15) is 30.1 Å². The molecule has 0 saturated heterocycles. The lowest BCUT2D eigenvalue weighted by molar-refractivity contribution is 0.220. The van der Waals surface area contributed by atoms with Crippen molar-refractivity contribution in [2.45, 2.75) is 38.9 Å². The molecule has 20 heavy (non-hydrogen) atoms. The van der Waals surface area contributed by atoms with Crippen molar-refractivity contribution in [2.75, 3.05) is 5.43 Å². The molecule has 0 atom stereocenters. The van der Waals surface area contributed by atoms with Gasteiger partial charge in [0, 0.05) is 17.8 Å². The average Bonchev–Trinajstić information content (AvgIpc) is 3.16. The number of hydrogen-bond acceptors (Lipinski definition) is 6. The number of aryl methyl sites for hydroxylation is 1. The minimum absolute atomic E-state index is 0.610. The highest BCUT2D eigenvalue weighted by Gasteiger charge is 2.30. The average molecular weight is 273 g/mol. The van der Waals surface area contributed by atoms with Gasteiger partial charge in [-0.05, 0) is 31.9 Å². The van der Waals surface area contributed by atoms with E-state index >= 15 is 0 Å². The van der Waals surface area contributed by atoms with Crippen molar-refractivity contribution in [1.29, 1.82) is 0 Å². The van der Waals surface area contributed by atoms with Gasteiger partial charge in [-0.15, -0.1) is 0 Å². The van der Waals surface area contributed by atoms with Crippen molar-refractivity contribution in [1.82, 2.24) is 14.9 Å². The zero-order chi connectivity index (χ0) is 13.9. The lowest BCUT2D eigenvalue weighted by atomic mass is 10.3. The van der Waals surface area contributed by atoms with Crippen LogP contribution < -0.4 is 11.3 Å². The topological polar surface area (TPSA) is 80.2 Å². The predicted molar refractivity (Wildman–Crippen MR) is 75.6 cm³/mol. The van der Waals surface area contributed by atoms with Crippen LogP contribution >= 0.6 is 0 Å². The summed E-state index contributed by atoms with van der Waals surface area (Å²) in [6, 6.07) is 6.36. The first-order valence-electron chi connectivity index (χ1n) is 6.82. The van der Waals surface area contributed by atoms with Crippen molar-refractivity contribution in [2.24, 2.45) is 5.84 Å². The fourth-order valence-electron chi connectivity index (χ4n) is 2.31. The maximum absolute atomic E-state index is 5.43. The van der Waals surface area contributed by atoms with Gasteiger partial charge in [-0.25, -0.2) is 15.8 Å². The van der Waals surface area contributed by atoms with E-state index in [9.17, 15) is 0 Å². The molecule has 3 N–H and O–H groups in total. The monoisotopic (exact) mass is 273 g/mol. The van der Waals surface area contributed by atoms with Crippen LogP contribution in [0.2, 0.25) is 0 Å². The molecule has 6 heteroatoms. The maximum Gasteiger partial charge on any atom is 0.145 e. The predicted octanol–water partition coefficient (Wildman–Crippen LogP) is 1.83. The van der Waals surface area contributed by atoms with Gasteiger partial charge in [0.05, 0.1) is 19.4 Å². The highest BCUT2D eigenvalue weighted by molar-refractivity contribution is 5.33. The van der Waals surface area contributed by atoms with Gasteiger partial charge in [0.2, 0.25) is 0 Å². The number of nitrogens with one attached hydrogen (secondary N) is 1. The lowest BCUT2D eigenvalue weighted by Gasteiger charge is -2.20. The van der Waals surface area contributed by atoms with Crippen LogP contribution in [-0.2, 0) is 13.1 Å². The number of hydrogen-bond donors (Lipinski definition) is 2. The molecule has 106 valence electrons. The summed E-state index contributed by atoms with van der Waals surface area (Å²) < 4.78 is 5.43. The fourth-order valence-corrected chi connectivity index (χ4v) is 2.31. The quantitative estimate of drug-likeness (QED) is 0.617. The van der Waals surface area contributed by atoms with Crippen molar-refractivity contribution >= 4 is 5.82 Å². The van der Waals surface area contributed by atoms with Gasteiger partial charge < -0.3 is 9.84 Å². The summed E-state index contributed by atoms with van der Waals surface area (Å²) in [6.45, 7) is 3.45. The number of aromatic nitrogens is 2. The Morgan fingerprint density at radius 1 is 1.40 bits per heavy atom. The third-order valence-corrected chi connectivity index (χ3v) is 3.40. The molecular weight excluding hydrogens is 254 g/mol. The molecule has 1 fully saturated rings. The molecule has 2 aromatic rings.